The van der Waals surface area contributed by atoms with Crippen LogP contribution in [0, 0.1) is 0 Å². The van der Waals surface area contributed by atoms with E-state index in [1.54, 1.807) is 0 Å². The van der Waals surface area contributed by atoms with Crippen LogP contribution in [0.4, 0.5) is 0 Å². The Labute approximate surface area is 125 Å². The van der Waals surface area contributed by atoms with E-state index < -0.39 is 5.97 Å². The van der Waals surface area contributed by atoms with Gasteiger partial charge in [0.1, 0.15) is 6.04 Å². The molecular weight excluding hydrogens is 272 g/mol. The molecule has 20 heavy (non-hydrogen) atoms. The summed E-state index contributed by atoms with van der Waals surface area (Å²) < 4.78 is 0. The molecule has 2 unspecified atom stereocenters. The number of hydrogen-bond donors (Lipinski definition) is 1. The second kappa shape index (κ2) is 6.67. The van der Waals surface area contributed by atoms with Crippen LogP contribution in [0.1, 0.15) is 38.5 Å². The van der Waals surface area contributed by atoms with Gasteiger partial charge in [-0.15, -0.1) is 0 Å². The Kier molecular flexibility index (Phi) is 4.89. The van der Waals surface area contributed by atoms with Crippen LogP contribution < -0.4 is 0 Å². The molecule has 3 fully saturated rings. The van der Waals surface area contributed by atoms with Crippen molar-refractivity contribution in [3.05, 3.63) is 0 Å². The number of rotatable bonds is 3. The molecule has 1 N–H and O–H groups in total. The molecule has 3 aliphatic heterocycles. The molecule has 0 amide bonds. The Morgan fingerprint density at radius 2 is 1.80 bits per heavy atom. The highest BCUT2D eigenvalue weighted by atomic mass is 32.2. The van der Waals surface area contributed by atoms with Gasteiger partial charge in [-0.1, -0.05) is 0 Å². The average Bonchev–Trinajstić information content (AvgIpc) is 2.98. The van der Waals surface area contributed by atoms with Crippen molar-refractivity contribution in [3.8, 4) is 0 Å². The zero-order valence-electron chi connectivity index (χ0n) is 12.2. The van der Waals surface area contributed by atoms with Crippen LogP contribution in [0.5, 0.6) is 0 Å². The van der Waals surface area contributed by atoms with Gasteiger partial charge in [-0.3, -0.25) is 14.6 Å². The zero-order valence-corrected chi connectivity index (χ0v) is 13.0. The lowest BCUT2D eigenvalue weighted by Gasteiger charge is -2.42. The van der Waals surface area contributed by atoms with E-state index in [-0.39, 0.29) is 6.04 Å². The highest BCUT2D eigenvalue weighted by Crippen LogP contribution is 2.29. The lowest BCUT2D eigenvalue weighted by atomic mass is 9.99. The largest absolute Gasteiger partial charge is 0.480 e. The summed E-state index contributed by atoms with van der Waals surface area (Å²) in [6.07, 6.45) is 6.93. The summed E-state index contributed by atoms with van der Waals surface area (Å²) in [7, 11) is 0. The van der Waals surface area contributed by atoms with Crippen molar-refractivity contribution in [3.63, 3.8) is 0 Å². The van der Waals surface area contributed by atoms with Gasteiger partial charge in [0.15, 0.2) is 0 Å². The lowest BCUT2D eigenvalue weighted by Crippen LogP contribution is -2.51. The minimum Gasteiger partial charge on any atom is -0.480 e. The molecule has 0 bridgehead atoms. The predicted molar refractivity (Wildman–Crippen MR) is 82.3 cm³/mol. The summed E-state index contributed by atoms with van der Waals surface area (Å²) in [6.45, 7) is 3.32. The van der Waals surface area contributed by atoms with Gasteiger partial charge in [0.2, 0.25) is 0 Å². The fourth-order valence-corrected chi connectivity index (χ4v) is 5.27. The highest BCUT2D eigenvalue weighted by molar-refractivity contribution is 7.99. The third-order valence-corrected chi connectivity index (χ3v) is 6.40. The lowest BCUT2D eigenvalue weighted by molar-refractivity contribution is -0.143. The molecule has 0 aromatic heterocycles. The van der Waals surface area contributed by atoms with Crippen LogP contribution in [-0.4, -0.2) is 70.1 Å². The second-order valence-electron chi connectivity index (χ2n) is 6.37. The number of thioether (sulfide) groups is 1. The number of aliphatic carboxylic acids is 1. The van der Waals surface area contributed by atoms with E-state index in [4.69, 9.17) is 0 Å². The molecule has 0 spiro atoms. The number of hydrogen-bond acceptors (Lipinski definition) is 4. The van der Waals surface area contributed by atoms with E-state index in [1.165, 1.54) is 37.4 Å². The van der Waals surface area contributed by atoms with Crippen LogP contribution in [0.3, 0.4) is 0 Å². The van der Waals surface area contributed by atoms with Crippen LogP contribution in [0.2, 0.25) is 0 Å². The third-order valence-electron chi connectivity index (χ3n) is 5.20. The van der Waals surface area contributed by atoms with Crippen molar-refractivity contribution in [2.45, 2.75) is 56.7 Å². The summed E-state index contributed by atoms with van der Waals surface area (Å²) in [5.74, 6) is 2.02. The van der Waals surface area contributed by atoms with E-state index in [0.29, 0.717) is 6.04 Å². The summed E-state index contributed by atoms with van der Waals surface area (Å²) in [4.78, 5) is 16.2. The van der Waals surface area contributed by atoms with Gasteiger partial charge in [0, 0.05) is 17.8 Å². The zero-order chi connectivity index (χ0) is 13.9. The minimum absolute atomic E-state index is 0.211. The quantitative estimate of drug-likeness (QED) is 0.862. The van der Waals surface area contributed by atoms with Crippen molar-refractivity contribution in [1.82, 2.24) is 9.80 Å². The van der Waals surface area contributed by atoms with E-state index in [1.807, 2.05) is 0 Å². The average molecular weight is 298 g/mol. The number of carbonyl (C=O) groups is 1. The summed E-state index contributed by atoms with van der Waals surface area (Å²) in [6, 6.07) is 1.08. The molecular formula is C15H26N2O2S. The van der Waals surface area contributed by atoms with Gasteiger partial charge >= 0.3 is 5.97 Å². The first-order chi connectivity index (χ1) is 9.75. The molecule has 2 atom stereocenters. The molecule has 4 nitrogen and oxygen atoms in total. The number of nitrogens with zero attached hydrogens (tertiary/aromatic N) is 2. The maximum Gasteiger partial charge on any atom is 0.320 e. The Balaban J connectivity index is 1.51. The molecule has 0 aromatic carbocycles. The van der Waals surface area contributed by atoms with Gasteiger partial charge in [-0.2, -0.15) is 11.8 Å². The molecule has 3 saturated heterocycles. The molecule has 0 aliphatic carbocycles. The van der Waals surface area contributed by atoms with Gasteiger partial charge < -0.3 is 5.11 Å². The first kappa shape index (κ1) is 14.7. The maximum atomic E-state index is 11.3. The van der Waals surface area contributed by atoms with E-state index >= 15 is 0 Å². The summed E-state index contributed by atoms with van der Waals surface area (Å²) in [5.41, 5.74) is 0. The minimum atomic E-state index is -0.617. The van der Waals surface area contributed by atoms with Gasteiger partial charge in [0.05, 0.1) is 0 Å². The van der Waals surface area contributed by atoms with Crippen molar-refractivity contribution >= 4 is 17.7 Å². The second-order valence-corrected chi connectivity index (χ2v) is 7.52. The van der Waals surface area contributed by atoms with Crippen molar-refractivity contribution < 1.29 is 9.90 Å². The molecule has 0 aromatic rings. The first-order valence-corrected chi connectivity index (χ1v) is 9.21. The molecule has 5 heteroatoms. The highest BCUT2D eigenvalue weighted by Gasteiger charge is 2.37. The van der Waals surface area contributed by atoms with Gasteiger partial charge in [-0.25, -0.2) is 0 Å². The Morgan fingerprint density at radius 3 is 2.45 bits per heavy atom. The monoisotopic (exact) mass is 298 g/mol. The fraction of sp³-hybridized carbons (Fsp3) is 0.933. The van der Waals surface area contributed by atoms with Gasteiger partial charge in [0.25, 0.3) is 0 Å². The smallest absolute Gasteiger partial charge is 0.320 e. The van der Waals surface area contributed by atoms with Crippen LogP contribution >= 0.6 is 11.8 Å². The topological polar surface area (TPSA) is 43.8 Å². The predicted octanol–water partition coefficient (Wildman–Crippen LogP) is 1.90. The van der Waals surface area contributed by atoms with Crippen molar-refractivity contribution in [1.29, 1.82) is 0 Å². The number of piperidine rings is 1. The van der Waals surface area contributed by atoms with Crippen molar-refractivity contribution in [2.75, 3.05) is 31.1 Å². The van der Waals surface area contributed by atoms with Gasteiger partial charge in [-0.05, 0) is 63.9 Å². The number of likely N-dealkylation sites (tertiary alicyclic amines) is 2. The Bertz CT molecular complexity index is 339. The molecule has 114 valence electrons. The molecule has 0 radical (unpaired) electrons. The maximum absolute atomic E-state index is 11.3. The van der Waals surface area contributed by atoms with Crippen molar-refractivity contribution in [2.24, 2.45) is 0 Å². The van der Waals surface area contributed by atoms with E-state index in [2.05, 4.69) is 21.6 Å². The van der Waals surface area contributed by atoms with E-state index in [0.717, 1.165) is 38.3 Å². The summed E-state index contributed by atoms with van der Waals surface area (Å²) >= 11 is 2.10. The number of carboxylic acids is 1. The third kappa shape index (κ3) is 3.15. The van der Waals surface area contributed by atoms with Crippen LogP contribution in [0.15, 0.2) is 0 Å². The van der Waals surface area contributed by atoms with Crippen LogP contribution in [0.25, 0.3) is 0 Å². The molecule has 3 rings (SSSR count). The SMILES string of the molecule is O=C(O)C1CCCN1C1CCN(C2CCCSC2)CC1. The molecule has 0 saturated carbocycles. The Hall–Kier alpha value is -0.260. The summed E-state index contributed by atoms with van der Waals surface area (Å²) in [5, 5.41) is 9.32. The number of carboxylic acid groups (broad SMARTS) is 1. The fourth-order valence-electron chi connectivity index (χ4n) is 4.09. The van der Waals surface area contributed by atoms with E-state index in [9.17, 15) is 9.90 Å². The Morgan fingerprint density at radius 1 is 1.00 bits per heavy atom. The molecule has 3 aliphatic rings. The first-order valence-electron chi connectivity index (χ1n) is 8.06. The normalized spacial score (nSPS) is 34.4. The molecule has 3 heterocycles. The standard InChI is InChI=1S/C15H26N2O2S/c18-15(19)14-4-1-7-17(14)12-5-8-16(9-6-12)13-3-2-10-20-11-13/h12-14H,1-11H2,(H,18,19). The van der Waals surface area contributed by atoms with Crippen LogP contribution in [-0.2, 0) is 4.79 Å².